The van der Waals surface area contributed by atoms with Crippen LogP contribution in [0.3, 0.4) is 0 Å². The molecule has 0 bridgehead atoms. The van der Waals surface area contributed by atoms with Gasteiger partial charge in [0.15, 0.2) is 9.84 Å². The molecule has 0 unspecified atom stereocenters. The van der Waals surface area contributed by atoms with Crippen molar-refractivity contribution in [3.8, 4) is 17.6 Å². The van der Waals surface area contributed by atoms with Gasteiger partial charge in [0.1, 0.15) is 12.3 Å². The quantitative estimate of drug-likeness (QED) is 0.437. The molecule has 0 fully saturated rings. The van der Waals surface area contributed by atoms with Crippen LogP contribution in [-0.2, 0) is 16.4 Å². The van der Waals surface area contributed by atoms with Gasteiger partial charge in [-0.05, 0) is 42.7 Å². The molecule has 34 heavy (non-hydrogen) atoms. The molecule has 2 N–H and O–H groups in total. The van der Waals surface area contributed by atoms with E-state index in [0.717, 1.165) is 18.4 Å². The predicted molar refractivity (Wildman–Crippen MR) is 128 cm³/mol. The fraction of sp³-hybridized carbons (Fsp3) is 0.333. The van der Waals surface area contributed by atoms with E-state index in [-0.39, 0.29) is 17.1 Å². The standard InChI is InChI=1S/C24H26F3N3O3S/c1-4-12-28-20-8-5-9-22-19(20)14-17(30(22)16-24(25,26)27)7-6-13-29-21-11-10-18(34(3,31)32)15-23(21)33-2/h5,8-11,14-15,28-29H,4,12-13,16H2,1-3H3. The van der Waals surface area contributed by atoms with Gasteiger partial charge < -0.3 is 19.9 Å². The van der Waals surface area contributed by atoms with E-state index in [1.807, 2.05) is 13.0 Å². The third-order valence-corrected chi connectivity index (χ3v) is 6.14. The second-order valence-electron chi connectivity index (χ2n) is 7.69. The smallest absolute Gasteiger partial charge is 0.406 e. The minimum absolute atomic E-state index is 0.114. The van der Waals surface area contributed by atoms with Gasteiger partial charge in [0.2, 0.25) is 0 Å². The van der Waals surface area contributed by atoms with Crippen molar-refractivity contribution in [1.82, 2.24) is 4.57 Å². The zero-order valence-corrected chi connectivity index (χ0v) is 19.9. The Morgan fingerprint density at radius 2 is 1.85 bits per heavy atom. The minimum atomic E-state index is -4.40. The third kappa shape index (κ3) is 6.17. The van der Waals surface area contributed by atoms with E-state index in [2.05, 4.69) is 22.5 Å². The van der Waals surface area contributed by atoms with Crippen molar-refractivity contribution in [2.45, 2.75) is 31.0 Å². The molecular formula is C24H26F3N3O3S. The molecule has 1 heterocycles. The van der Waals surface area contributed by atoms with Crippen LogP contribution >= 0.6 is 0 Å². The fourth-order valence-electron chi connectivity index (χ4n) is 3.47. The Hall–Kier alpha value is -3.32. The molecule has 182 valence electrons. The van der Waals surface area contributed by atoms with E-state index in [1.54, 1.807) is 24.3 Å². The van der Waals surface area contributed by atoms with E-state index in [1.165, 1.54) is 23.8 Å². The largest absolute Gasteiger partial charge is 0.495 e. The number of benzene rings is 2. The predicted octanol–water partition coefficient (Wildman–Crippen LogP) is 4.90. The van der Waals surface area contributed by atoms with Crippen molar-refractivity contribution in [2.75, 3.05) is 37.1 Å². The topological polar surface area (TPSA) is 72.4 Å². The highest BCUT2D eigenvalue weighted by atomic mass is 32.2. The van der Waals surface area contributed by atoms with Gasteiger partial charge in [0.05, 0.1) is 35.4 Å². The molecule has 10 heteroatoms. The minimum Gasteiger partial charge on any atom is -0.495 e. The lowest BCUT2D eigenvalue weighted by atomic mass is 10.2. The number of hydrogen-bond acceptors (Lipinski definition) is 5. The molecule has 0 saturated carbocycles. The van der Waals surface area contributed by atoms with Crippen molar-refractivity contribution in [1.29, 1.82) is 0 Å². The summed E-state index contributed by atoms with van der Waals surface area (Å²) in [5.74, 6) is 6.01. The first-order chi connectivity index (χ1) is 16.0. The number of ether oxygens (including phenoxy) is 1. The Bertz CT molecular complexity index is 1340. The van der Waals surface area contributed by atoms with Crippen LogP contribution in [-0.4, -0.2) is 45.6 Å². The molecule has 3 aromatic rings. The van der Waals surface area contributed by atoms with Crippen LogP contribution in [0.2, 0.25) is 0 Å². The number of halogens is 3. The number of methoxy groups -OCH3 is 1. The van der Waals surface area contributed by atoms with Crippen molar-refractivity contribution >= 4 is 32.1 Å². The van der Waals surface area contributed by atoms with Crippen molar-refractivity contribution in [3.63, 3.8) is 0 Å². The number of sulfone groups is 1. The van der Waals surface area contributed by atoms with E-state index in [4.69, 9.17) is 4.74 Å². The summed E-state index contributed by atoms with van der Waals surface area (Å²) in [5, 5.41) is 6.94. The second-order valence-corrected chi connectivity index (χ2v) is 9.70. The van der Waals surface area contributed by atoms with Crippen LogP contribution < -0.4 is 15.4 Å². The van der Waals surface area contributed by atoms with Crippen molar-refractivity contribution in [2.24, 2.45) is 0 Å². The van der Waals surface area contributed by atoms with Crippen molar-refractivity contribution in [3.05, 3.63) is 48.2 Å². The Labute approximate surface area is 197 Å². The molecule has 0 atom stereocenters. The molecule has 3 rings (SSSR count). The van der Waals surface area contributed by atoms with Gasteiger partial charge in [-0.15, -0.1) is 0 Å². The SMILES string of the molecule is CCCNc1cccc2c1cc(C#CCNc1ccc(S(C)(=O)=O)cc1OC)n2CC(F)(F)F. The average molecular weight is 494 g/mol. The number of fused-ring (bicyclic) bond motifs is 1. The first kappa shape index (κ1) is 25.3. The van der Waals surface area contributed by atoms with Crippen LogP contribution in [0.4, 0.5) is 24.5 Å². The summed E-state index contributed by atoms with van der Waals surface area (Å²) >= 11 is 0. The number of anilines is 2. The van der Waals surface area contributed by atoms with Gasteiger partial charge in [-0.1, -0.05) is 18.9 Å². The van der Waals surface area contributed by atoms with Gasteiger partial charge >= 0.3 is 6.18 Å². The molecule has 2 aromatic carbocycles. The van der Waals surface area contributed by atoms with Crippen LogP contribution in [0.15, 0.2) is 47.4 Å². The number of alkyl halides is 3. The van der Waals surface area contributed by atoms with Crippen LogP contribution in [0.25, 0.3) is 10.9 Å². The third-order valence-electron chi connectivity index (χ3n) is 5.03. The highest BCUT2D eigenvalue weighted by Crippen LogP contribution is 2.30. The van der Waals surface area contributed by atoms with Gasteiger partial charge in [-0.3, -0.25) is 0 Å². The van der Waals surface area contributed by atoms with E-state index >= 15 is 0 Å². The van der Waals surface area contributed by atoms with Gasteiger partial charge in [-0.25, -0.2) is 8.42 Å². The Morgan fingerprint density at radius 1 is 1.09 bits per heavy atom. The second kappa shape index (κ2) is 10.3. The highest BCUT2D eigenvalue weighted by Gasteiger charge is 2.29. The lowest BCUT2D eigenvalue weighted by molar-refractivity contribution is -0.140. The molecule has 0 saturated heterocycles. The highest BCUT2D eigenvalue weighted by molar-refractivity contribution is 7.90. The van der Waals surface area contributed by atoms with Gasteiger partial charge in [0, 0.05) is 29.9 Å². The summed E-state index contributed by atoms with van der Waals surface area (Å²) in [6.45, 7) is 1.68. The lowest BCUT2D eigenvalue weighted by Crippen LogP contribution is -2.18. The summed E-state index contributed by atoms with van der Waals surface area (Å²) < 4.78 is 69.7. The normalized spacial score (nSPS) is 11.7. The Balaban J connectivity index is 1.89. The molecule has 0 spiro atoms. The fourth-order valence-corrected chi connectivity index (χ4v) is 4.11. The van der Waals surface area contributed by atoms with Crippen molar-refractivity contribution < 1.29 is 26.3 Å². The zero-order valence-electron chi connectivity index (χ0n) is 19.1. The summed E-state index contributed by atoms with van der Waals surface area (Å²) in [5.41, 5.74) is 1.98. The monoisotopic (exact) mass is 493 g/mol. The first-order valence-electron chi connectivity index (χ1n) is 10.6. The maximum absolute atomic E-state index is 13.3. The number of rotatable bonds is 8. The molecule has 0 aliphatic rings. The molecule has 0 aliphatic heterocycles. The van der Waals surface area contributed by atoms with Gasteiger partial charge in [-0.2, -0.15) is 13.2 Å². The molecule has 0 amide bonds. The van der Waals surface area contributed by atoms with Gasteiger partial charge in [0.25, 0.3) is 0 Å². The van der Waals surface area contributed by atoms with E-state index < -0.39 is 22.6 Å². The molecule has 0 aliphatic carbocycles. The Kier molecular flexibility index (Phi) is 7.67. The number of aromatic nitrogens is 1. The summed E-state index contributed by atoms with van der Waals surface area (Å²) in [7, 11) is -1.98. The molecule has 0 radical (unpaired) electrons. The molecular weight excluding hydrogens is 467 g/mol. The van der Waals surface area contributed by atoms with Crippen LogP contribution in [0.5, 0.6) is 5.75 Å². The number of hydrogen-bond donors (Lipinski definition) is 2. The summed E-state index contributed by atoms with van der Waals surface area (Å²) in [6.07, 6.45) is -2.42. The number of nitrogens with one attached hydrogen (secondary N) is 2. The van der Waals surface area contributed by atoms with Crippen LogP contribution in [0, 0.1) is 11.8 Å². The lowest BCUT2D eigenvalue weighted by Gasteiger charge is -2.12. The maximum atomic E-state index is 13.3. The Morgan fingerprint density at radius 3 is 2.50 bits per heavy atom. The summed E-state index contributed by atoms with van der Waals surface area (Å²) in [6, 6.07) is 11.3. The molecule has 1 aromatic heterocycles. The zero-order chi connectivity index (χ0) is 24.9. The van der Waals surface area contributed by atoms with E-state index in [0.29, 0.717) is 28.9 Å². The maximum Gasteiger partial charge on any atom is 0.406 e. The molecule has 6 nitrogen and oxygen atoms in total. The summed E-state index contributed by atoms with van der Waals surface area (Å²) in [4.78, 5) is 0.116. The number of nitrogens with zero attached hydrogens (tertiary/aromatic N) is 1. The average Bonchev–Trinajstić information content (AvgIpc) is 3.11. The first-order valence-corrected chi connectivity index (χ1v) is 12.5. The van der Waals surface area contributed by atoms with E-state index in [9.17, 15) is 21.6 Å². The van der Waals surface area contributed by atoms with Crippen LogP contribution in [0.1, 0.15) is 19.0 Å².